The van der Waals surface area contributed by atoms with Gasteiger partial charge in [-0.25, -0.2) is 4.79 Å². The molecule has 0 bridgehead atoms. The van der Waals surface area contributed by atoms with Crippen LogP contribution in [0.15, 0.2) is 18.2 Å². The highest BCUT2D eigenvalue weighted by Crippen LogP contribution is 2.26. The number of aliphatic hydroxyl groups excluding tert-OH is 1. The van der Waals surface area contributed by atoms with Crippen molar-refractivity contribution >= 4 is 23.3 Å². The SMILES string of the molecule is COCc1c(Cl)cccc1NC(=O)N1CCCC(CO)C1. The quantitative estimate of drug-likeness (QED) is 0.898. The first-order valence-corrected chi connectivity index (χ1v) is 7.46. The molecular weight excluding hydrogens is 292 g/mol. The van der Waals surface area contributed by atoms with Crippen molar-refractivity contribution in [3.05, 3.63) is 28.8 Å². The molecule has 1 atom stereocenters. The number of nitrogens with zero attached hydrogens (tertiary/aromatic N) is 1. The van der Waals surface area contributed by atoms with Crippen molar-refractivity contribution in [2.75, 3.05) is 32.1 Å². The van der Waals surface area contributed by atoms with E-state index >= 15 is 0 Å². The summed E-state index contributed by atoms with van der Waals surface area (Å²) in [5.74, 6) is 0.169. The molecule has 0 aliphatic carbocycles. The summed E-state index contributed by atoms with van der Waals surface area (Å²) in [7, 11) is 1.59. The van der Waals surface area contributed by atoms with Crippen molar-refractivity contribution in [2.24, 2.45) is 5.92 Å². The Balaban J connectivity index is 2.07. The van der Waals surface area contributed by atoms with Crippen LogP contribution < -0.4 is 5.32 Å². The molecule has 1 aromatic rings. The summed E-state index contributed by atoms with van der Waals surface area (Å²) in [5, 5.41) is 12.7. The number of piperidine rings is 1. The second-order valence-corrected chi connectivity index (χ2v) is 5.67. The number of ether oxygens (including phenoxy) is 1. The lowest BCUT2D eigenvalue weighted by atomic mass is 9.99. The molecule has 1 heterocycles. The summed E-state index contributed by atoms with van der Waals surface area (Å²) in [6, 6.07) is 5.22. The number of hydrogen-bond acceptors (Lipinski definition) is 3. The van der Waals surface area contributed by atoms with Gasteiger partial charge in [-0.1, -0.05) is 17.7 Å². The molecule has 2 amide bonds. The third-order valence-corrected chi connectivity index (χ3v) is 4.07. The van der Waals surface area contributed by atoms with Gasteiger partial charge in [0.1, 0.15) is 0 Å². The number of halogens is 1. The van der Waals surface area contributed by atoms with Crippen molar-refractivity contribution in [3.63, 3.8) is 0 Å². The summed E-state index contributed by atoms with van der Waals surface area (Å²) in [6.45, 7) is 1.76. The van der Waals surface area contributed by atoms with Crippen molar-refractivity contribution < 1.29 is 14.6 Å². The Hall–Kier alpha value is -1.30. The number of methoxy groups -OCH3 is 1. The van der Waals surface area contributed by atoms with Gasteiger partial charge < -0.3 is 20.1 Å². The predicted octanol–water partition coefficient (Wildman–Crippen LogP) is 2.72. The van der Waals surface area contributed by atoms with Crippen LogP contribution in [-0.2, 0) is 11.3 Å². The van der Waals surface area contributed by atoms with Gasteiger partial charge in [-0.2, -0.15) is 0 Å². The Labute approximate surface area is 129 Å². The van der Waals surface area contributed by atoms with E-state index in [2.05, 4.69) is 5.32 Å². The molecule has 1 aliphatic rings. The summed E-state index contributed by atoms with van der Waals surface area (Å²) >= 11 is 6.15. The molecule has 0 spiro atoms. The molecule has 0 radical (unpaired) electrons. The fraction of sp³-hybridized carbons (Fsp3) is 0.533. The molecule has 1 aromatic carbocycles. The van der Waals surface area contributed by atoms with Gasteiger partial charge in [0.25, 0.3) is 0 Å². The van der Waals surface area contributed by atoms with Crippen LogP contribution in [0, 0.1) is 5.92 Å². The molecule has 2 rings (SSSR count). The highest BCUT2D eigenvalue weighted by molar-refractivity contribution is 6.31. The highest BCUT2D eigenvalue weighted by Gasteiger charge is 2.23. The van der Waals surface area contributed by atoms with Gasteiger partial charge >= 0.3 is 6.03 Å². The number of carbonyl (C=O) groups excluding carboxylic acids is 1. The van der Waals surface area contributed by atoms with Crippen molar-refractivity contribution in [1.29, 1.82) is 0 Å². The van der Waals surface area contributed by atoms with E-state index in [0.717, 1.165) is 18.4 Å². The third-order valence-electron chi connectivity index (χ3n) is 3.71. The van der Waals surface area contributed by atoms with Crippen LogP contribution >= 0.6 is 11.6 Å². The number of aliphatic hydroxyl groups is 1. The molecule has 0 saturated carbocycles. The number of amides is 2. The first-order valence-electron chi connectivity index (χ1n) is 7.08. The molecule has 5 nitrogen and oxygen atoms in total. The molecule has 1 aliphatic heterocycles. The van der Waals surface area contributed by atoms with Crippen molar-refractivity contribution in [1.82, 2.24) is 4.90 Å². The van der Waals surface area contributed by atoms with Gasteiger partial charge in [-0.05, 0) is 30.9 Å². The zero-order valence-electron chi connectivity index (χ0n) is 12.1. The summed E-state index contributed by atoms with van der Waals surface area (Å²) in [5.41, 5.74) is 1.44. The number of benzene rings is 1. The number of anilines is 1. The van der Waals surface area contributed by atoms with E-state index in [4.69, 9.17) is 16.3 Å². The van der Waals surface area contributed by atoms with E-state index in [1.165, 1.54) is 0 Å². The fourth-order valence-electron chi connectivity index (χ4n) is 2.56. The van der Waals surface area contributed by atoms with Gasteiger partial charge in [0.2, 0.25) is 0 Å². The molecule has 1 fully saturated rings. The fourth-order valence-corrected chi connectivity index (χ4v) is 2.79. The molecule has 1 unspecified atom stereocenters. The van der Waals surface area contributed by atoms with Crippen LogP contribution in [0.3, 0.4) is 0 Å². The second kappa shape index (κ2) is 7.64. The monoisotopic (exact) mass is 312 g/mol. The van der Waals surface area contributed by atoms with Gasteiger partial charge in [0.05, 0.1) is 6.61 Å². The Kier molecular flexibility index (Phi) is 5.85. The van der Waals surface area contributed by atoms with E-state index in [0.29, 0.717) is 30.4 Å². The van der Waals surface area contributed by atoms with Crippen LogP contribution in [0.4, 0.5) is 10.5 Å². The summed E-state index contributed by atoms with van der Waals surface area (Å²) in [4.78, 5) is 14.1. The average Bonchev–Trinajstić information content (AvgIpc) is 2.51. The van der Waals surface area contributed by atoms with Crippen LogP contribution in [0.5, 0.6) is 0 Å². The minimum atomic E-state index is -0.159. The Morgan fingerprint density at radius 2 is 2.38 bits per heavy atom. The topological polar surface area (TPSA) is 61.8 Å². The number of carbonyl (C=O) groups is 1. The van der Waals surface area contributed by atoms with E-state index in [9.17, 15) is 9.90 Å². The molecule has 6 heteroatoms. The zero-order valence-corrected chi connectivity index (χ0v) is 12.9. The minimum absolute atomic E-state index is 0.121. The second-order valence-electron chi connectivity index (χ2n) is 5.27. The van der Waals surface area contributed by atoms with Gasteiger partial charge in [0.15, 0.2) is 0 Å². The van der Waals surface area contributed by atoms with Crippen LogP contribution in [0.2, 0.25) is 5.02 Å². The van der Waals surface area contributed by atoms with Crippen LogP contribution in [0.1, 0.15) is 18.4 Å². The van der Waals surface area contributed by atoms with E-state index in [1.54, 1.807) is 24.1 Å². The Morgan fingerprint density at radius 3 is 3.10 bits per heavy atom. The number of rotatable bonds is 4. The lowest BCUT2D eigenvalue weighted by molar-refractivity contribution is 0.136. The first kappa shape index (κ1) is 16.1. The molecular formula is C15H21ClN2O3. The van der Waals surface area contributed by atoms with Crippen LogP contribution in [0.25, 0.3) is 0 Å². The highest BCUT2D eigenvalue weighted by atomic mass is 35.5. The average molecular weight is 313 g/mol. The lowest BCUT2D eigenvalue weighted by Gasteiger charge is -2.32. The molecule has 0 aromatic heterocycles. The van der Waals surface area contributed by atoms with Gasteiger partial charge in [-0.15, -0.1) is 0 Å². The number of nitrogens with one attached hydrogen (secondary N) is 1. The van der Waals surface area contributed by atoms with Crippen molar-refractivity contribution in [2.45, 2.75) is 19.4 Å². The standard InChI is InChI=1S/C15H21ClN2O3/c1-21-10-12-13(16)5-2-6-14(12)17-15(20)18-7-3-4-11(8-18)9-19/h2,5-6,11,19H,3-4,7-10H2,1H3,(H,17,20). The third kappa shape index (κ3) is 4.09. The van der Waals surface area contributed by atoms with E-state index in [-0.39, 0.29) is 18.6 Å². The summed E-state index contributed by atoms with van der Waals surface area (Å²) < 4.78 is 5.13. The van der Waals surface area contributed by atoms with Crippen molar-refractivity contribution in [3.8, 4) is 0 Å². The lowest BCUT2D eigenvalue weighted by Crippen LogP contribution is -2.43. The Bertz CT molecular complexity index is 496. The number of hydrogen-bond donors (Lipinski definition) is 2. The molecule has 21 heavy (non-hydrogen) atoms. The maximum Gasteiger partial charge on any atom is 0.321 e. The molecule has 1 saturated heterocycles. The largest absolute Gasteiger partial charge is 0.396 e. The smallest absolute Gasteiger partial charge is 0.321 e. The van der Waals surface area contributed by atoms with E-state index < -0.39 is 0 Å². The Morgan fingerprint density at radius 1 is 1.57 bits per heavy atom. The number of likely N-dealkylation sites (tertiary alicyclic amines) is 1. The normalized spacial score (nSPS) is 18.6. The molecule has 116 valence electrons. The maximum absolute atomic E-state index is 12.3. The molecule has 2 N–H and O–H groups in total. The van der Waals surface area contributed by atoms with E-state index in [1.807, 2.05) is 6.07 Å². The van der Waals surface area contributed by atoms with Crippen LogP contribution in [-0.4, -0.2) is 42.8 Å². The summed E-state index contributed by atoms with van der Waals surface area (Å²) in [6.07, 6.45) is 1.88. The zero-order chi connectivity index (χ0) is 15.2. The van der Waals surface area contributed by atoms with Gasteiger partial charge in [-0.3, -0.25) is 0 Å². The predicted molar refractivity (Wildman–Crippen MR) is 82.6 cm³/mol. The minimum Gasteiger partial charge on any atom is -0.396 e. The maximum atomic E-state index is 12.3. The first-order chi connectivity index (χ1) is 10.2. The number of urea groups is 1. The van der Waals surface area contributed by atoms with Gasteiger partial charge in [0, 0.05) is 43.1 Å².